The Bertz CT molecular complexity index is 667. The fourth-order valence-electron chi connectivity index (χ4n) is 5.34. The summed E-state index contributed by atoms with van der Waals surface area (Å²) in [4.78, 5) is 0. The van der Waals surface area contributed by atoms with Crippen LogP contribution in [0.3, 0.4) is 0 Å². The third-order valence-electron chi connectivity index (χ3n) is 7.16. The molecule has 3 atom stereocenters. The van der Waals surface area contributed by atoms with E-state index in [1.807, 2.05) is 30.3 Å². The number of ether oxygens (including phenoxy) is 4. The molecule has 0 aromatic heterocycles. The number of rotatable bonds is 19. The molecule has 0 fully saturated rings. The van der Waals surface area contributed by atoms with Gasteiger partial charge in [-0.05, 0) is 59.5 Å². The molecule has 0 N–H and O–H groups in total. The van der Waals surface area contributed by atoms with E-state index in [0.29, 0.717) is 35.8 Å². The smallest absolute Gasteiger partial charge is 0.200 e. The summed E-state index contributed by atoms with van der Waals surface area (Å²) in [6, 6.07) is 8.04. The van der Waals surface area contributed by atoms with Crippen LogP contribution in [0.2, 0.25) is 16.6 Å². The third kappa shape index (κ3) is 10.0. The largest absolute Gasteiger partial charge is 0.497 e. The summed E-state index contributed by atoms with van der Waals surface area (Å²) in [5.41, 5.74) is 2.71. The maximum absolute atomic E-state index is 7.24. The van der Waals surface area contributed by atoms with Gasteiger partial charge in [0.1, 0.15) is 12.5 Å². The molecule has 0 heterocycles. The van der Waals surface area contributed by atoms with Crippen molar-refractivity contribution in [2.75, 3.05) is 27.6 Å². The minimum absolute atomic E-state index is 0.0396. The first-order valence-electron chi connectivity index (χ1n) is 13.2. The number of allylic oxidation sites excluding steroid dienone is 1. The molecule has 0 spiro atoms. The molecule has 202 valence electrons. The molecule has 0 bridgehead atoms. The van der Waals surface area contributed by atoms with Crippen LogP contribution in [0.15, 0.2) is 36.9 Å². The molecule has 6 heteroatoms. The van der Waals surface area contributed by atoms with E-state index < -0.39 is 8.32 Å². The van der Waals surface area contributed by atoms with Crippen LogP contribution in [0.25, 0.3) is 0 Å². The van der Waals surface area contributed by atoms with Gasteiger partial charge in [0.2, 0.25) is 8.32 Å². The van der Waals surface area contributed by atoms with Crippen LogP contribution in [-0.4, -0.2) is 48.1 Å². The van der Waals surface area contributed by atoms with Gasteiger partial charge in [-0.2, -0.15) is 0 Å². The molecular formula is C29H52O5Si. The van der Waals surface area contributed by atoms with Gasteiger partial charge >= 0.3 is 0 Å². The zero-order valence-corrected chi connectivity index (χ0v) is 24.8. The Labute approximate surface area is 216 Å². The molecule has 1 aromatic carbocycles. The predicted molar refractivity (Wildman–Crippen MR) is 149 cm³/mol. The minimum atomic E-state index is -2.05. The van der Waals surface area contributed by atoms with Crippen molar-refractivity contribution >= 4 is 8.32 Å². The van der Waals surface area contributed by atoms with Crippen molar-refractivity contribution in [1.29, 1.82) is 0 Å². The first kappa shape index (κ1) is 31.8. The monoisotopic (exact) mass is 508 g/mol. The van der Waals surface area contributed by atoms with Crippen LogP contribution in [0.1, 0.15) is 73.3 Å². The van der Waals surface area contributed by atoms with E-state index in [1.165, 1.54) is 0 Å². The molecule has 0 radical (unpaired) electrons. The normalized spacial score (nSPS) is 15.0. The van der Waals surface area contributed by atoms with Crippen LogP contribution < -0.4 is 4.74 Å². The van der Waals surface area contributed by atoms with E-state index in [9.17, 15) is 0 Å². The van der Waals surface area contributed by atoms with Crippen LogP contribution in [0.5, 0.6) is 5.75 Å². The Morgan fingerprint density at radius 3 is 2.00 bits per heavy atom. The standard InChI is InChI=1S/C29H52O5Si/c1-11-12-25(8)29(33-21-30-9)19-28(34-35(22(2)3,23(4)5)24(6)7)17-18-32-20-26-13-15-27(31-10)16-14-26/h11,13-16,22-25,28-29H,1,12,17-21H2,2-10H3/t25-,28-,29+/m0/s1. The lowest BCUT2D eigenvalue weighted by molar-refractivity contribution is -0.102. The Hall–Kier alpha value is -1.18. The van der Waals surface area contributed by atoms with Gasteiger partial charge in [0.05, 0.1) is 19.8 Å². The molecule has 0 amide bonds. The fraction of sp³-hybridized carbons (Fsp3) is 0.724. The molecule has 0 saturated carbocycles. The quantitative estimate of drug-likeness (QED) is 0.0827. The van der Waals surface area contributed by atoms with Crippen molar-refractivity contribution in [2.45, 2.75) is 103 Å². The molecule has 0 aliphatic carbocycles. The summed E-state index contributed by atoms with van der Waals surface area (Å²) in [5.74, 6) is 1.19. The van der Waals surface area contributed by atoms with Gasteiger partial charge in [0.15, 0.2) is 0 Å². The first-order chi connectivity index (χ1) is 16.6. The highest BCUT2D eigenvalue weighted by molar-refractivity contribution is 6.77. The summed E-state index contributed by atoms with van der Waals surface area (Å²) >= 11 is 0. The van der Waals surface area contributed by atoms with Gasteiger partial charge in [-0.25, -0.2) is 0 Å². The maximum atomic E-state index is 7.24. The summed E-state index contributed by atoms with van der Waals surface area (Å²) < 4.78 is 30.0. The van der Waals surface area contributed by atoms with E-state index >= 15 is 0 Å². The van der Waals surface area contributed by atoms with Gasteiger partial charge in [-0.15, -0.1) is 6.58 Å². The Balaban J connectivity index is 3.01. The number of methoxy groups -OCH3 is 2. The number of hydrogen-bond acceptors (Lipinski definition) is 5. The molecule has 5 nitrogen and oxygen atoms in total. The van der Waals surface area contributed by atoms with Crippen molar-refractivity contribution in [3.63, 3.8) is 0 Å². The van der Waals surface area contributed by atoms with Crippen LogP contribution in [0, 0.1) is 5.92 Å². The highest BCUT2D eigenvalue weighted by atomic mass is 28.4. The Kier molecular flexibility index (Phi) is 15.0. The van der Waals surface area contributed by atoms with Crippen LogP contribution >= 0.6 is 0 Å². The number of hydrogen-bond donors (Lipinski definition) is 0. The fourth-order valence-corrected chi connectivity index (χ4v) is 11.0. The molecule has 0 aliphatic heterocycles. The Morgan fingerprint density at radius 1 is 0.914 bits per heavy atom. The summed E-state index contributed by atoms with van der Waals surface area (Å²) in [5, 5.41) is 0. The number of benzene rings is 1. The SMILES string of the molecule is C=CC[C@H](C)[C@@H](C[C@H](CCOCc1ccc(OC)cc1)O[Si](C(C)C)(C(C)C)C(C)C)OCOC. The van der Waals surface area contributed by atoms with Gasteiger partial charge in [-0.1, -0.05) is 66.7 Å². The second kappa shape index (κ2) is 16.5. The molecule has 35 heavy (non-hydrogen) atoms. The first-order valence-corrected chi connectivity index (χ1v) is 15.4. The second-order valence-electron chi connectivity index (χ2n) is 10.6. The highest BCUT2D eigenvalue weighted by Crippen LogP contribution is 2.44. The van der Waals surface area contributed by atoms with E-state index in [-0.39, 0.29) is 19.0 Å². The lowest BCUT2D eigenvalue weighted by Gasteiger charge is -2.45. The summed E-state index contributed by atoms with van der Waals surface area (Å²) in [6.07, 6.45) is 4.64. The van der Waals surface area contributed by atoms with Crippen molar-refractivity contribution in [3.05, 3.63) is 42.5 Å². The van der Waals surface area contributed by atoms with Crippen LogP contribution in [-0.2, 0) is 25.2 Å². The van der Waals surface area contributed by atoms with Crippen molar-refractivity contribution < 1.29 is 23.4 Å². The van der Waals surface area contributed by atoms with E-state index in [2.05, 4.69) is 55.0 Å². The van der Waals surface area contributed by atoms with Crippen molar-refractivity contribution in [1.82, 2.24) is 0 Å². The van der Waals surface area contributed by atoms with Gasteiger partial charge in [0.25, 0.3) is 0 Å². The zero-order valence-electron chi connectivity index (χ0n) is 23.8. The maximum Gasteiger partial charge on any atom is 0.200 e. The molecule has 0 unspecified atom stereocenters. The average Bonchev–Trinajstić information content (AvgIpc) is 2.81. The van der Waals surface area contributed by atoms with Crippen LogP contribution in [0.4, 0.5) is 0 Å². The summed E-state index contributed by atoms with van der Waals surface area (Å²) in [7, 11) is 1.30. The van der Waals surface area contributed by atoms with Gasteiger partial charge in [0, 0.05) is 19.8 Å². The van der Waals surface area contributed by atoms with E-state index in [0.717, 1.165) is 30.6 Å². The van der Waals surface area contributed by atoms with E-state index in [4.69, 9.17) is 23.4 Å². The van der Waals surface area contributed by atoms with Gasteiger partial charge < -0.3 is 23.4 Å². The van der Waals surface area contributed by atoms with E-state index in [1.54, 1.807) is 14.2 Å². The molecule has 1 aromatic rings. The predicted octanol–water partition coefficient (Wildman–Crippen LogP) is 7.75. The molecule has 1 rings (SSSR count). The van der Waals surface area contributed by atoms with Gasteiger partial charge in [-0.3, -0.25) is 0 Å². The zero-order chi connectivity index (χ0) is 26.4. The molecular weight excluding hydrogens is 456 g/mol. The topological polar surface area (TPSA) is 46.2 Å². The molecule has 0 aliphatic rings. The summed E-state index contributed by atoms with van der Waals surface area (Å²) in [6.45, 7) is 21.7. The Morgan fingerprint density at radius 2 is 1.51 bits per heavy atom. The lowest BCUT2D eigenvalue weighted by Crippen LogP contribution is -2.51. The highest BCUT2D eigenvalue weighted by Gasteiger charge is 2.46. The second-order valence-corrected chi connectivity index (χ2v) is 16.0. The third-order valence-corrected chi connectivity index (χ3v) is 13.3. The molecule has 0 saturated heterocycles. The average molecular weight is 509 g/mol. The van der Waals surface area contributed by atoms with Crippen molar-refractivity contribution in [3.8, 4) is 5.75 Å². The lowest BCUT2D eigenvalue weighted by atomic mass is 9.95. The van der Waals surface area contributed by atoms with Crippen molar-refractivity contribution in [2.24, 2.45) is 5.92 Å². The minimum Gasteiger partial charge on any atom is -0.497 e.